The van der Waals surface area contributed by atoms with Gasteiger partial charge in [0, 0.05) is 24.1 Å². The Labute approximate surface area is 124 Å². The van der Waals surface area contributed by atoms with E-state index in [0.717, 1.165) is 18.1 Å². The van der Waals surface area contributed by atoms with Gasteiger partial charge in [-0.15, -0.1) is 0 Å². The summed E-state index contributed by atoms with van der Waals surface area (Å²) in [6, 6.07) is 3.25. The molecular weight excluding hydrogens is 246 g/mol. The summed E-state index contributed by atoms with van der Waals surface area (Å²) in [5.74, 6) is 3.04. The molecule has 0 aromatic carbocycles. The summed E-state index contributed by atoms with van der Waals surface area (Å²) >= 11 is 0. The van der Waals surface area contributed by atoms with Crippen molar-refractivity contribution < 1.29 is 4.42 Å². The molecule has 2 unspecified atom stereocenters. The van der Waals surface area contributed by atoms with E-state index in [4.69, 9.17) is 4.42 Å². The molecule has 114 valence electrons. The quantitative estimate of drug-likeness (QED) is 0.818. The number of furan rings is 1. The maximum atomic E-state index is 5.91. The Morgan fingerprint density at radius 2 is 2.00 bits per heavy atom. The van der Waals surface area contributed by atoms with Crippen LogP contribution in [0.1, 0.15) is 77.0 Å². The fourth-order valence-corrected chi connectivity index (χ4v) is 3.34. The van der Waals surface area contributed by atoms with Gasteiger partial charge in [0.25, 0.3) is 0 Å². The predicted molar refractivity (Wildman–Crippen MR) is 85.0 cm³/mol. The molecule has 0 fully saturated rings. The van der Waals surface area contributed by atoms with Crippen LogP contribution in [0.3, 0.4) is 0 Å². The van der Waals surface area contributed by atoms with Gasteiger partial charge < -0.3 is 9.73 Å². The molecule has 2 atom stereocenters. The summed E-state index contributed by atoms with van der Waals surface area (Å²) in [5.41, 5.74) is 1.73. The van der Waals surface area contributed by atoms with E-state index < -0.39 is 0 Å². The maximum Gasteiger partial charge on any atom is 0.109 e. The van der Waals surface area contributed by atoms with Crippen molar-refractivity contribution in [3.8, 4) is 0 Å². The van der Waals surface area contributed by atoms with Gasteiger partial charge in [-0.05, 0) is 50.5 Å². The second-order valence-corrected chi connectivity index (χ2v) is 7.87. The number of aryl methyl sites for hydroxylation is 1. The molecule has 0 saturated heterocycles. The topological polar surface area (TPSA) is 25.2 Å². The first-order valence-corrected chi connectivity index (χ1v) is 8.12. The molecule has 0 bridgehead atoms. The van der Waals surface area contributed by atoms with Crippen LogP contribution >= 0.6 is 0 Å². The van der Waals surface area contributed by atoms with Crippen molar-refractivity contribution in [2.24, 2.45) is 11.3 Å². The van der Waals surface area contributed by atoms with Gasteiger partial charge in [-0.2, -0.15) is 0 Å². The molecule has 1 heterocycles. The van der Waals surface area contributed by atoms with E-state index in [1.54, 1.807) is 0 Å². The first-order chi connectivity index (χ1) is 9.27. The van der Waals surface area contributed by atoms with Crippen LogP contribution < -0.4 is 5.32 Å². The molecular formula is C18H31NO. The van der Waals surface area contributed by atoms with Crippen LogP contribution in [-0.2, 0) is 6.42 Å². The lowest BCUT2D eigenvalue weighted by molar-refractivity contribution is 0.223. The van der Waals surface area contributed by atoms with E-state index in [9.17, 15) is 0 Å². The van der Waals surface area contributed by atoms with Crippen molar-refractivity contribution in [1.29, 1.82) is 0 Å². The highest BCUT2D eigenvalue weighted by Crippen LogP contribution is 2.42. The molecule has 0 spiro atoms. The van der Waals surface area contributed by atoms with Crippen molar-refractivity contribution in [3.05, 3.63) is 23.2 Å². The average molecular weight is 277 g/mol. The molecule has 0 radical (unpaired) electrons. The Bertz CT molecular complexity index is 444. The summed E-state index contributed by atoms with van der Waals surface area (Å²) in [7, 11) is 0. The fraction of sp³-hybridized carbons (Fsp3) is 0.778. The Kier molecular flexibility index (Phi) is 4.63. The molecule has 0 amide bonds. The lowest BCUT2D eigenvalue weighted by Crippen LogP contribution is -2.37. The molecule has 0 aliphatic heterocycles. The van der Waals surface area contributed by atoms with E-state index in [2.05, 4.69) is 52.9 Å². The highest BCUT2D eigenvalue weighted by Gasteiger charge is 2.35. The van der Waals surface area contributed by atoms with E-state index in [-0.39, 0.29) is 0 Å². The van der Waals surface area contributed by atoms with Crippen molar-refractivity contribution >= 4 is 0 Å². The summed E-state index contributed by atoms with van der Waals surface area (Å²) in [5, 5.41) is 3.84. The first-order valence-electron chi connectivity index (χ1n) is 8.12. The zero-order chi connectivity index (χ0) is 14.9. The average Bonchev–Trinajstić information content (AvgIpc) is 2.65. The van der Waals surface area contributed by atoms with Crippen LogP contribution in [0, 0.1) is 18.3 Å². The summed E-state index contributed by atoms with van der Waals surface area (Å²) in [6.07, 6.45) is 4.81. The molecule has 1 aliphatic rings. The second-order valence-electron chi connectivity index (χ2n) is 7.87. The van der Waals surface area contributed by atoms with Gasteiger partial charge in [0.15, 0.2) is 0 Å². The Balaban J connectivity index is 2.07. The minimum Gasteiger partial charge on any atom is -0.466 e. The molecule has 2 rings (SSSR count). The summed E-state index contributed by atoms with van der Waals surface area (Å²) in [6.45, 7) is 13.7. The Morgan fingerprint density at radius 1 is 1.30 bits per heavy atom. The van der Waals surface area contributed by atoms with Crippen LogP contribution in [0.15, 0.2) is 10.5 Å². The largest absolute Gasteiger partial charge is 0.466 e. The number of rotatable bonds is 5. The van der Waals surface area contributed by atoms with Crippen molar-refractivity contribution in [1.82, 2.24) is 5.32 Å². The number of fused-ring (bicyclic) bond motifs is 1. The van der Waals surface area contributed by atoms with E-state index >= 15 is 0 Å². The minimum absolute atomic E-state index is 0.326. The van der Waals surface area contributed by atoms with Gasteiger partial charge >= 0.3 is 0 Å². The Hall–Kier alpha value is -0.760. The van der Waals surface area contributed by atoms with E-state index in [1.807, 2.05) is 0 Å². The molecule has 0 saturated carbocycles. The second kappa shape index (κ2) is 5.93. The van der Waals surface area contributed by atoms with Crippen LogP contribution in [0.5, 0.6) is 0 Å². The number of hydrogen-bond acceptors (Lipinski definition) is 2. The van der Waals surface area contributed by atoms with Gasteiger partial charge in [-0.25, -0.2) is 0 Å². The van der Waals surface area contributed by atoms with Crippen LogP contribution in [0.4, 0.5) is 0 Å². The third-order valence-electron chi connectivity index (χ3n) is 4.40. The number of hydrogen-bond donors (Lipinski definition) is 1. The SMILES string of the molecule is Cc1cc2c(o1)CC(C)(C)CC2NC(C)CCC(C)C. The van der Waals surface area contributed by atoms with Crippen LogP contribution in [0.2, 0.25) is 0 Å². The number of nitrogens with one attached hydrogen (secondary N) is 1. The lowest BCUT2D eigenvalue weighted by atomic mass is 9.74. The molecule has 1 aliphatic carbocycles. The summed E-state index contributed by atoms with van der Waals surface area (Å²) < 4.78 is 5.91. The zero-order valence-electron chi connectivity index (χ0n) is 14.0. The van der Waals surface area contributed by atoms with Crippen molar-refractivity contribution in [2.45, 2.75) is 79.3 Å². The third-order valence-corrected chi connectivity index (χ3v) is 4.40. The highest BCUT2D eigenvalue weighted by atomic mass is 16.3. The van der Waals surface area contributed by atoms with Crippen LogP contribution in [0.25, 0.3) is 0 Å². The third kappa shape index (κ3) is 3.88. The summed E-state index contributed by atoms with van der Waals surface area (Å²) in [4.78, 5) is 0. The lowest BCUT2D eigenvalue weighted by Gasteiger charge is -2.36. The van der Waals surface area contributed by atoms with Gasteiger partial charge in [0.1, 0.15) is 11.5 Å². The maximum absolute atomic E-state index is 5.91. The van der Waals surface area contributed by atoms with E-state index in [1.165, 1.54) is 30.6 Å². The van der Waals surface area contributed by atoms with Crippen molar-refractivity contribution in [2.75, 3.05) is 0 Å². The van der Waals surface area contributed by atoms with E-state index in [0.29, 0.717) is 17.5 Å². The smallest absolute Gasteiger partial charge is 0.109 e. The molecule has 2 heteroatoms. The Morgan fingerprint density at radius 3 is 2.65 bits per heavy atom. The highest BCUT2D eigenvalue weighted by molar-refractivity contribution is 5.29. The molecule has 1 aromatic rings. The molecule has 1 N–H and O–H groups in total. The molecule has 2 nitrogen and oxygen atoms in total. The standard InChI is InChI=1S/C18H31NO/c1-12(2)7-8-13(3)19-16-10-18(5,6)11-17-15(16)9-14(4)20-17/h9,12-13,16,19H,7-8,10-11H2,1-6H3. The molecule has 20 heavy (non-hydrogen) atoms. The van der Waals surface area contributed by atoms with Crippen molar-refractivity contribution in [3.63, 3.8) is 0 Å². The van der Waals surface area contributed by atoms with Gasteiger partial charge in [-0.3, -0.25) is 0 Å². The predicted octanol–water partition coefficient (Wildman–Crippen LogP) is 5.02. The first kappa shape index (κ1) is 15.6. The van der Waals surface area contributed by atoms with Gasteiger partial charge in [0.2, 0.25) is 0 Å². The fourth-order valence-electron chi connectivity index (χ4n) is 3.34. The van der Waals surface area contributed by atoms with Gasteiger partial charge in [-0.1, -0.05) is 27.7 Å². The minimum atomic E-state index is 0.326. The monoisotopic (exact) mass is 277 g/mol. The normalized spacial score (nSPS) is 22.9. The molecule has 1 aromatic heterocycles. The van der Waals surface area contributed by atoms with Gasteiger partial charge in [0.05, 0.1) is 0 Å². The van der Waals surface area contributed by atoms with Crippen LogP contribution in [-0.4, -0.2) is 6.04 Å². The zero-order valence-corrected chi connectivity index (χ0v) is 14.0.